The van der Waals surface area contributed by atoms with Gasteiger partial charge in [0, 0.05) is 18.6 Å². The molecule has 0 atom stereocenters. The quantitative estimate of drug-likeness (QED) is 0.644. The third-order valence-corrected chi connectivity index (χ3v) is 1.84. The summed E-state index contributed by atoms with van der Waals surface area (Å²) in [5.41, 5.74) is 1.36. The number of rotatable bonds is 4. The molecule has 0 saturated heterocycles. The van der Waals surface area contributed by atoms with Gasteiger partial charge in [-0.05, 0) is 25.0 Å². The number of hydrogen-bond acceptors (Lipinski definition) is 1. The van der Waals surface area contributed by atoms with Crippen LogP contribution in [0, 0.1) is 0 Å². The van der Waals surface area contributed by atoms with E-state index in [9.17, 15) is 0 Å². The molecule has 0 N–H and O–H groups in total. The molecule has 0 aliphatic carbocycles. The molecule has 13 heavy (non-hydrogen) atoms. The van der Waals surface area contributed by atoms with E-state index in [2.05, 4.69) is 31.1 Å². The Morgan fingerprint density at radius 1 is 1.46 bits per heavy atom. The fourth-order valence-electron chi connectivity index (χ4n) is 1.13. The van der Waals surface area contributed by atoms with E-state index in [1.54, 1.807) is 10.9 Å². The summed E-state index contributed by atoms with van der Waals surface area (Å²) < 4.78 is 1.80. The summed E-state index contributed by atoms with van der Waals surface area (Å²) in [6.07, 6.45) is 12.2. The summed E-state index contributed by atoms with van der Waals surface area (Å²) in [7, 11) is 0. The van der Waals surface area contributed by atoms with Crippen LogP contribution >= 0.6 is 0 Å². The molecule has 1 aromatic rings. The van der Waals surface area contributed by atoms with E-state index in [0.717, 1.165) is 12.8 Å². The average Bonchev–Trinajstić information content (AvgIpc) is 2.64. The van der Waals surface area contributed by atoms with E-state index < -0.39 is 0 Å². The van der Waals surface area contributed by atoms with Gasteiger partial charge in [0.1, 0.15) is 0 Å². The standard InChI is InChI=1S/C11H16N2/c1-3-6-11(4-2)7-10-13-9-5-8-12-13/h5-10H,3-4H2,1-2H3/b10-7+,11-6+. The molecule has 70 valence electrons. The summed E-state index contributed by atoms with van der Waals surface area (Å²) in [6.45, 7) is 4.31. The van der Waals surface area contributed by atoms with E-state index in [4.69, 9.17) is 0 Å². The lowest BCUT2D eigenvalue weighted by Crippen LogP contribution is -1.85. The fourth-order valence-corrected chi connectivity index (χ4v) is 1.13. The summed E-state index contributed by atoms with van der Waals surface area (Å²) in [5.74, 6) is 0. The van der Waals surface area contributed by atoms with Crippen molar-refractivity contribution < 1.29 is 0 Å². The topological polar surface area (TPSA) is 17.8 Å². The molecule has 0 amide bonds. The Kier molecular flexibility index (Phi) is 4.03. The highest BCUT2D eigenvalue weighted by Crippen LogP contribution is 2.04. The molecule has 0 aromatic carbocycles. The highest BCUT2D eigenvalue weighted by Gasteiger charge is 1.86. The fraction of sp³-hybridized carbons (Fsp3) is 0.364. The number of aromatic nitrogens is 2. The van der Waals surface area contributed by atoms with Crippen molar-refractivity contribution in [3.63, 3.8) is 0 Å². The van der Waals surface area contributed by atoms with Crippen molar-refractivity contribution in [2.75, 3.05) is 0 Å². The molecule has 0 fully saturated rings. The molecule has 0 bridgehead atoms. The molecular formula is C11H16N2. The van der Waals surface area contributed by atoms with Gasteiger partial charge in [0.05, 0.1) is 0 Å². The zero-order valence-electron chi connectivity index (χ0n) is 8.27. The molecule has 0 unspecified atom stereocenters. The van der Waals surface area contributed by atoms with Gasteiger partial charge in [0.25, 0.3) is 0 Å². The largest absolute Gasteiger partial charge is 0.248 e. The van der Waals surface area contributed by atoms with E-state index in [-0.39, 0.29) is 0 Å². The van der Waals surface area contributed by atoms with Crippen molar-refractivity contribution in [1.29, 1.82) is 0 Å². The first-order chi connectivity index (χ1) is 6.36. The van der Waals surface area contributed by atoms with Crippen molar-refractivity contribution in [3.8, 4) is 0 Å². The molecule has 1 aromatic heterocycles. The highest BCUT2D eigenvalue weighted by atomic mass is 15.2. The van der Waals surface area contributed by atoms with Gasteiger partial charge in [0.2, 0.25) is 0 Å². The smallest absolute Gasteiger partial charge is 0.0493 e. The molecular weight excluding hydrogens is 160 g/mol. The van der Waals surface area contributed by atoms with Crippen LogP contribution in [0.5, 0.6) is 0 Å². The summed E-state index contributed by atoms with van der Waals surface area (Å²) in [6, 6.07) is 1.92. The number of allylic oxidation sites excluding steroid dienone is 3. The average molecular weight is 176 g/mol. The summed E-state index contributed by atoms with van der Waals surface area (Å²) in [4.78, 5) is 0. The minimum Gasteiger partial charge on any atom is -0.248 e. The van der Waals surface area contributed by atoms with Crippen molar-refractivity contribution in [3.05, 3.63) is 36.2 Å². The van der Waals surface area contributed by atoms with Crippen LogP contribution in [-0.4, -0.2) is 9.78 Å². The number of nitrogens with zero attached hydrogens (tertiary/aromatic N) is 2. The first kappa shape index (κ1) is 9.78. The predicted octanol–water partition coefficient (Wildman–Crippen LogP) is 3.10. The lowest BCUT2D eigenvalue weighted by molar-refractivity contribution is 0.932. The van der Waals surface area contributed by atoms with Crippen molar-refractivity contribution in [1.82, 2.24) is 9.78 Å². The van der Waals surface area contributed by atoms with Crippen LogP contribution < -0.4 is 0 Å². The second kappa shape index (κ2) is 5.36. The van der Waals surface area contributed by atoms with Gasteiger partial charge in [-0.1, -0.05) is 25.5 Å². The van der Waals surface area contributed by atoms with Gasteiger partial charge in [-0.3, -0.25) is 0 Å². The summed E-state index contributed by atoms with van der Waals surface area (Å²) in [5, 5.41) is 4.09. The first-order valence-corrected chi connectivity index (χ1v) is 4.73. The van der Waals surface area contributed by atoms with Gasteiger partial charge in [-0.15, -0.1) is 0 Å². The normalized spacial score (nSPS) is 12.6. The zero-order chi connectivity index (χ0) is 9.52. The van der Waals surface area contributed by atoms with Crippen LogP contribution in [0.1, 0.15) is 26.7 Å². The molecule has 0 radical (unpaired) electrons. The molecule has 0 saturated carbocycles. The van der Waals surface area contributed by atoms with Crippen LogP contribution in [0.15, 0.2) is 36.2 Å². The SMILES string of the molecule is CC/C=C(/C=C/n1cccn1)CC. The number of hydrogen-bond donors (Lipinski definition) is 0. The minimum absolute atomic E-state index is 1.08. The Morgan fingerprint density at radius 3 is 2.85 bits per heavy atom. The van der Waals surface area contributed by atoms with Crippen LogP contribution in [0.4, 0.5) is 0 Å². The van der Waals surface area contributed by atoms with Gasteiger partial charge in [0.15, 0.2) is 0 Å². The van der Waals surface area contributed by atoms with Crippen molar-refractivity contribution in [2.24, 2.45) is 0 Å². The monoisotopic (exact) mass is 176 g/mol. The van der Waals surface area contributed by atoms with Crippen molar-refractivity contribution in [2.45, 2.75) is 26.7 Å². The van der Waals surface area contributed by atoms with Crippen LogP contribution in [0.2, 0.25) is 0 Å². The van der Waals surface area contributed by atoms with Crippen LogP contribution in [-0.2, 0) is 0 Å². The molecule has 1 heterocycles. The van der Waals surface area contributed by atoms with E-state index >= 15 is 0 Å². The Bertz CT molecular complexity index is 281. The lowest BCUT2D eigenvalue weighted by atomic mass is 10.2. The molecule has 0 spiro atoms. The Hall–Kier alpha value is -1.31. The van der Waals surface area contributed by atoms with Crippen LogP contribution in [0.25, 0.3) is 6.20 Å². The van der Waals surface area contributed by atoms with E-state index in [1.165, 1.54) is 5.57 Å². The third kappa shape index (κ3) is 3.28. The van der Waals surface area contributed by atoms with Gasteiger partial charge < -0.3 is 0 Å². The Labute approximate surface area is 79.6 Å². The second-order valence-electron chi connectivity index (χ2n) is 2.84. The maximum absolute atomic E-state index is 4.09. The molecule has 1 rings (SSSR count). The third-order valence-electron chi connectivity index (χ3n) is 1.84. The Morgan fingerprint density at radius 2 is 2.31 bits per heavy atom. The maximum Gasteiger partial charge on any atom is 0.0493 e. The first-order valence-electron chi connectivity index (χ1n) is 4.73. The summed E-state index contributed by atoms with van der Waals surface area (Å²) >= 11 is 0. The predicted molar refractivity (Wildman–Crippen MR) is 56.2 cm³/mol. The van der Waals surface area contributed by atoms with Gasteiger partial charge in [-0.25, -0.2) is 4.68 Å². The Balaban J connectivity index is 2.61. The minimum atomic E-state index is 1.08. The van der Waals surface area contributed by atoms with Crippen molar-refractivity contribution >= 4 is 6.20 Å². The maximum atomic E-state index is 4.09. The van der Waals surface area contributed by atoms with Crippen LogP contribution in [0.3, 0.4) is 0 Å². The molecule has 0 aliphatic heterocycles. The molecule has 0 aliphatic rings. The van der Waals surface area contributed by atoms with Gasteiger partial charge in [-0.2, -0.15) is 5.10 Å². The lowest BCUT2D eigenvalue weighted by Gasteiger charge is -1.95. The molecule has 2 heteroatoms. The van der Waals surface area contributed by atoms with Gasteiger partial charge >= 0.3 is 0 Å². The second-order valence-corrected chi connectivity index (χ2v) is 2.84. The highest BCUT2D eigenvalue weighted by molar-refractivity contribution is 5.32. The zero-order valence-corrected chi connectivity index (χ0v) is 8.27. The van der Waals surface area contributed by atoms with E-state index in [1.807, 2.05) is 18.5 Å². The van der Waals surface area contributed by atoms with E-state index in [0.29, 0.717) is 0 Å². The molecule has 2 nitrogen and oxygen atoms in total.